The van der Waals surface area contributed by atoms with E-state index >= 15 is 0 Å². The van der Waals surface area contributed by atoms with E-state index in [9.17, 15) is 9.59 Å². The quantitative estimate of drug-likeness (QED) is 0.376. The fourth-order valence-corrected chi connectivity index (χ4v) is 5.21. The van der Waals surface area contributed by atoms with Crippen LogP contribution >= 0.6 is 0 Å². The SMILES string of the molecule is C/C=C(\C(=O)NCc1c(C)cc(C)[nH]c1=O)c1cc(C2CCN(C)CC2)oc1/C=C/N(CC)C(C)CCOC. The number of likely N-dealkylation sites (tertiary alicyclic amines) is 1. The number of piperidine rings is 1. The molecule has 0 aliphatic carbocycles. The van der Waals surface area contributed by atoms with E-state index in [-0.39, 0.29) is 18.0 Å². The Morgan fingerprint density at radius 1 is 1.31 bits per heavy atom. The second-order valence-electron chi connectivity index (χ2n) is 10.6. The number of furan rings is 1. The molecule has 3 heterocycles. The van der Waals surface area contributed by atoms with Gasteiger partial charge in [0.1, 0.15) is 11.5 Å². The topological polar surface area (TPSA) is 90.8 Å². The smallest absolute Gasteiger partial charge is 0.253 e. The third kappa shape index (κ3) is 7.96. The van der Waals surface area contributed by atoms with Crippen LogP contribution in [0.5, 0.6) is 0 Å². The largest absolute Gasteiger partial charge is 0.461 e. The Hall–Kier alpha value is -3.10. The minimum absolute atomic E-state index is 0.156. The number of nitrogens with zero attached hydrogens (tertiary/aromatic N) is 2. The number of H-pyrrole nitrogens is 1. The summed E-state index contributed by atoms with van der Waals surface area (Å²) in [7, 11) is 3.86. The highest BCUT2D eigenvalue weighted by atomic mass is 16.5. The Bertz CT molecular complexity index is 1220. The standard InChI is InChI=1S/C31H46N4O4/c1-8-25(30(36)32-20-27-21(3)18-22(4)33-31(27)37)26-19-29(24-10-14-34(6)15-11-24)39-28(26)12-16-35(9-2)23(5)13-17-38-7/h8,12,16,18-19,23-24H,9-11,13-15,17,20H2,1-7H3,(H,32,36)(H,33,37)/b16-12+,25-8-. The van der Waals surface area contributed by atoms with Gasteiger partial charge in [0.2, 0.25) is 0 Å². The lowest BCUT2D eigenvalue weighted by molar-refractivity contribution is -0.115. The molecule has 0 aromatic carbocycles. The number of methoxy groups -OCH3 is 1. The summed E-state index contributed by atoms with van der Waals surface area (Å²) in [5, 5.41) is 2.96. The van der Waals surface area contributed by atoms with Crippen LogP contribution in [0.1, 0.15) is 79.9 Å². The summed E-state index contributed by atoms with van der Waals surface area (Å²) in [5.74, 6) is 1.68. The third-order valence-electron chi connectivity index (χ3n) is 7.73. The number of carbonyl (C=O) groups is 1. The van der Waals surface area contributed by atoms with Gasteiger partial charge in [-0.05, 0) is 97.8 Å². The predicted octanol–water partition coefficient (Wildman–Crippen LogP) is 4.83. The number of aromatic nitrogens is 1. The highest BCUT2D eigenvalue weighted by Crippen LogP contribution is 2.34. The van der Waals surface area contributed by atoms with Crippen LogP contribution < -0.4 is 10.9 Å². The van der Waals surface area contributed by atoms with Gasteiger partial charge in [-0.15, -0.1) is 0 Å². The van der Waals surface area contributed by atoms with Gasteiger partial charge in [-0.25, -0.2) is 0 Å². The van der Waals surface area contributed by atoms with E-state index in [4.69, 9.17) is 9.15 Å². The molecule has 0 radical (unpaired) electrons. The van der Waals surface area contributed by atoms with E-state index in [0.29, 0.717) is 35.5 Å². The highest BCUT2D eigenvalue weighted by Gasteiger charge is 2.26. The van der Waals surface area contributed by atoms with Gasteiger partial charge in [0, 0.05) is 67.4 Å². The lowest BCUT2D eigenvalue weighted by Crippen LogP contribution is -2.29. The molecule has 1 amide bonds. The molecule has 214 valence electrons. The number of ether oxygens (including phenoxy) is 1. The van der Waals surface area contributed by atoms with Crippen molar-refractivity contribution in [3.8, 4) is 0 Å². The zero-order valence-electron chi connectivity index (χ0n) is 24.7. The van der Waals surface area contributed by atoms with E-state index in [1.165, 1.54) is 0 Å². The summed E-state index contributed by atoms with van der Waals surface area (Å²) in [5.41, 5.74) is 3.36. The molecule has 2 aromatic rings. The maximum absolute atomic E-state index is 13.5. The van der Waals surface area contributed by atoms with E-state index in [0.717, 1.165) is 61.5 Å². The van der Waals surface area contributed by atoms with Crippen LogP contribution in [-0.4, -0.2) is 67.1 Å². The molecule has 0 bridgehead atoms. The fraction of sp³-hybridized carbons (Fsp3) is 0.548. The van der Waals surface area contributed by atoms with Crippen molar-refractivity contribution >= 4 is 17.6 Å². The molecule has 2 N–H and O–H groups in total. The zero-order chi connectivity index (χ0) is 28.5. The number of aromatic amines is 1. The van der Waals surface area contributed by atoms with Gasteiger partial charge in [-0.3, -0.25) is 9.59 Å². The lowest BCUT2D eigenvalue weighted by Gasteiger charge is -2.27. The summed E-state index contributed by atoms with van der Waals surface area (Å²) in [6, 6.07) is 4.26. The monoisotopic (exact) mass is 538 g/mol. The maximum atomic E-state index is 13.5. The summed E-state index contributed by atoms with van der Waals surface area (Å²) < 4.78 is 11.7. The lowest BCUT2D eigenvalue weighted by atomic mass is 9.93. The van der Waals surface area contributed by atoms with Gasteiger partial charge in [-0.1, -0.05) is 6.08 Å². The Balaban J connectivity index is 1.89. The van der Waals surface area contributed by atoms with Crippen LogP contribution in [0.3, 0.4) is 0 Å². The first-order chi connectivity index (χ1) is 18.7. The molecule has 1 saturated heterocycles. The molecule has 39 heavy (non-hydrogen) atoms. The summed E-state index contributed by atoms with van der Waals surface area (Å²) >= 11 is 0. The Morgan fingerprint density at radius 3 is 2.64 bits per heavy atom. The van der Waals surface area contributed by atoms with Gasteiger partial charge >= 0.3 is 0 Å². The second-order valence-corrected chi connectivity index (χ2v) is 10.6. The van der Waals surface area contributed by atoms with Crippen molar-refractivity contribution in [2.24, 2.45) is 0 Å². The van der Waals surface area contributed by atoms with Crippen molar-refractivity contribution < 1.29 is 13.9 Å². The number of aryl methyl sites for hydroxylation is 2. The summed E-state index contributed by atoms with van der Waals surface area (Å²) in [6.07, 6.45) is 8.82. The number of nitrogens with one attached hydrogen (secondary N) is 2. The molecule has 1 aliphatic rings. The van der Waals surface area contributed by atoms with Gasteiger partial charge in [0.25, 0.3) is 11.5 Å². The van der Waals surface area contributed by atoms with Crippen molar-refractivity contribution in [1.82, 2.24) is 20.1 Å². The summed E-state index contributed by atoms with van der Waals surface area (Å²) in [6.45, 7) is 13.7. The van der Waals surface area contributed by atoms with Crippen molar-refractivity contribution in [3.05, 3.63) is 68.7 Å². The highest BCUT2D eigenvalue weighted by molar-refractivity contribution is 6.20. The number of hydrogen-bond donors (Lipinski definition) is 2. The molecule has 2 aromatic heterocycles. The molecule has 0 spiro atoms. The molecule has 1 aliphatic heterocycles. The van der Waals surface area contributed by atoms with Gasteiger partial charge in [-0.2, -0.15) is 0 Å². The van der Waals surface area contributed by atoms with Crippen molar-refractivity contribution in [3.63, 3.8) is 0 Å². The first kappa shape index (κ1) is 30.4. The third-order valence-corrected chi connectivity index (χ3v) is 7.73. The van der Waals surface area contributed by atoms with E-state index in [2.05, 4.69) is 47.2 Å². The van der Waals surface area contributed by atoms with Gasteiger partial charge in [0.15, 0.2) is 0 Å². The number of pyridine rings is 1. The number of hydrogen-bond acceptors (Lipinski definition) is 6. The minimum atomic E-state index is -0.233. The van der Waals surface area contributed by atoms with E-state index in [1.807, 2.05) is 45.1 Å². The van der Waals surface area contributed by atoms with E-state index in [1.54, 1.807) is 7.11 Å². The first-order valence-corrected chi connectivity index (χ1v) is 14.1. The van der Waals surface area contributed by atoms with Crippen molar-refractivity contribution in [1.29, 1.82) is 0 Å². The zero-order valence-corrected chi connectivity index (χ0v) is 24.7. The van der Waals surface area contributed by atoms with Crippen LogP contribution in [-0.2, 0) is 16.1 Å². The van der Waals surface area contributed by atoms with Crippen LogP contribution in [0, 0.1) is 13.8 Å². The number of rotatable bonds is 12. The fourth-order valence-electron chi connectivity index (χ4n) is 5.21. The minimum Gasteiger partial charge on any atom is -0.461 e. The van der Waals surface area contributed by atoms with E-state index < -0.39 is 0 Å². The van der Waals surface area contributed by atoms with Crippen molar-refractivity contribution in [2.75, 3.05) is 40.4 Å². The first-order valence-electron chi connectivity index (χ1n) is 14.1. The van der Waals surface area contributed by atoms with Gasteiger partial charge < -0.3 is 29.3 Å². The number of carbonyl (C=O) groups excluding carboxylic acids is 1. The van der Waals surface area contributed by atoms with Crippen LogP contribution in [0.2, 0.25) is 0 Å². The Morgan fingerprint density at radius 2 is 2.03 bits per heavy atom. The Labute approximate surface area is 233 Å². The number of allylic oxidation sites excluding steroid dienone is 1. The number of amides is 1. The molecule has 1 unspecified atom stereocenters. The molecule has 8 heteroatoms. The van der Waals surface area contributed by atoms with Crippen molar-refractivity contribution in [2.45, 2.75) is 72.4 Å². The maximum Gasteiger partial charge on any atom is 0.253 e. The molecular weight excluding hydrogens is 492 g/mol. The average Bonchev–Trinajstić information content (AvgIpc) is 3.31. The molecule has 8 nitrogen and oxygen atoms in total. The van der Waals surface area contributed by atoms with Crippen LogP contribution in [0.15, 0.2) is 33.6 Å². The van der Waals surface area contributed by atoms with Crippen LogP contribution in [0.25, 0.3) is 11.6 Å². The average molecular weight is 539 g/mol. The molecule has 1 fully saturated rings. The molecule has 3 rings (SSSR count). The van der Waals surface area contributed by atoms with Crippen LogP contribution in [0.4, 0.5) is 0 Å². The molecule has 0 saturated carbocycles. The van der Waals surface area contributed by atoms with Gasteiger partial charge in [0.05, 0.1) is 0 Å². The summed E-state index contributed by atoms with van der Waals surface area (Å²) in [4.78, 5) is 33.3. The molecular formula is C31H46N4O4. The Kier molecular flexibility index (Phi) is 11.2. The predicted molar refractivity (Wildman–Crippen MR) is 158 cm³/mol. The normalized spacial score (nSPS) is 16.1. The second kappa shape index (κ2) is 14.3. The molecule has 1 atom stereocenters.